The lowest BCUT2D eigenvalue weighted by molar-refractivity contribution is 0.182. The maximum Gasteiger partial charge on any atom is 0.200 e. The van der Waals surface area contributed by atoms with Crippen molar-refractivity contribution in [2.45, 2.75) is 32.7 Å². The smallest absolute Gasteiger partial charge is 0.200 e. The van der Waals surface area contributed by atoms with Crippen molar-refractivity contribution >= 4 is 5.95 Å². The van der Waals surface area contributed by atoms with Crippen LogP contribution in [0, 0.1) is 6.92 Å². The van der Waals surface area contributed by atoms with Gasteiger partial charge < -0.3 is 15.0 Å². The van der Waals surface area contributed by atoms with Crippen molar-refractivity contribution in [2.24, 2.45) is 0 Å². The van der Waals surface area contributed by atoms with Gasteiger partial charge in [-0.2, -0.15) is 0 Å². The van der Waals surface area contributed by atoms with Crippen molar-refractivity contribution in [2.75, 3.05) is 19.0 Å². The molecule has 0 spiro atoms. The van der Waals surface area contributed by atoms with E-state index in [0.717, 1.165) is 24.5 Å². The zero-order valence-electron chi connectivity index (χ0n) is 9.13. The first kappa shape index (κ1) is 11.0. The summed E-state index contributed by atoms with van der Waals surface area (Å²) >= 11 is 0. The maximum atomic E-state index is 5.13. The third kappa shape index (κ3) is 3.38. The van der Waals surface area contributed by atoms with Gasteiger partial charge in [0.05, 0.1) is 12.6 Å². The van der Waals surface area contributed by atoms with Crippen LogP contribution in [0.25, 0.3) is 0 Å². The van der Waals surface area contributed by atoms with Crippen LogP contribution in [-0.4, -0.2) is 29.7 Å². The summed E-state index contributed by atoms with van der Waals surface area (Å²) in [4.78, 5) is 7.34. The van der Waals surface area contributed by atoms with Gasteiger partial charge in [0.25, 0.3) is 0 Å². The molecule has 1 unspecified atom stereocenters. The van der Waals surface area contributed by atoms with E-state index in [0.29, 0.717) is 12.6 Å². The zero-order valence-corrected chi connectivity index (χ0v) is 9.13. The van der Waals surface area contributed by atoms with Crippen LogP contribution in [0.2, 0.25) is 0 Å². The molecule has 4 heteroatoms. The molecule has 0 amide bonds. The van der Waals surface area contributed by atoms with E-state index in [1.54, 1.807) is 7.11 Å². The number of rotatable bonds is 6. The second-order valence-corrected chi connectivity index (χ2v) is 3.50. The number of aromatic nitrogens is 2. The van der Waals surface area contributed by atoms with Crippen molar-refractivity contribution in [3.05, 3.63) is 11.9 Å². The van der Waals surface area contributed by atoms with Gasteiger partial charge in [-0.3, -0.25) is 0 Å². The minimum absolute atomic E-state index is 0.343. The molecule has 0 aliphatic carbocycles. The highest BCUT2D eigenvalue weighted by atomic mass is 16.5. The molecular formula is C10H19N3O. The Morgan fingerprint density at radius 2 is 2.43 bits per heavy atom. The van der Waals surface area contributed by atoms with Crippen LogP contribution in [0.3, 0.4) is 0 Å². The van der Waals surface area contributed by atoms with Gasteiger partial charge in [-0.1, -0.05) is 13.3 Å². The molecule has 1 aromatic heterocycles. The van der Waals surface area contributed by atoms with Crippen LogP contribution in [0.4, 0.5) is 5.95 Å². The van der Waals surface area contributed by atoms with E-state index >= 15 is 0 Å². The Morgan fingerprint density at radius 3 is 2.93 bits per heavy atom. The fourth-order valence-electron chi connectivity index (χ4n) is 1.43. The number of aromatic amines is 1. The van der Waals surface area contributed by atoms with Crippen LogP contribution in [0.1, 0.15) is 25.5 Å². The summed E-state index contributed by atoms with van der Waals surface area (Å²) in [7, 11) is 1.72. The fraction of sp³-hybridized carbons (Fsp3) is 0.700. The topological polar surface area (TPSA) is 49.9 Å². The van der Waals surface area contributed by atoms with Crippen molar-refractivity contribution in [3.63, 3.8) is 0 Å². The van der Waals surface area contributed by atoms with Gasteiger partial charge in [0, 0.05) is 19.0 Å². The zero-order chi connectivity index (χ0) is 10.4. The third-order valence-corrected chi connectivity index (χ3v) is 2.05. The largest absolute Gasteiger partial charge is 0.383 e. The molecule has 0 aliphatic rings. The predicted molar refractivity (Wildman–Crippen MR) is 57.5 cm³/mol. The SMILES string of the molecule is CCCC(COC)Nc1ncc(C)[nH]1. The van der Waals surface area contributed by atoms with Crippen LogP contribution in [-0.2, 0) is 4.74 Å². The number of nitrogens with one attached hydrogen (secondary N) is 2. The van der Waals surface area contributed by atoms with E-state index in [1.807, 2.05) is 13.1 Å². The monoisotopic (exact) mass is 197 g/mol. The second-order valence-electron chi connectivity index (χ2n) is 3.50. The highest BCUT2D eigenvalue weighted by Gasteiger charge is 2.08. The van der Waals surface area contributed by atoms with Crippen LogP contribution >= 0.6 is 0 Å². The molecule has 0 fully saturated rings. The van der Waals surface area contributed by atoms with Crippen molar-refractivity contribution in [1.82, 2.24) is 9.97 Å². The number of ether oxygens (including phenoxy) is 1. The average molecular weight is 197 g/mol. The Labute approximate surface area is 85.1 Å². The molecule has 0 saturated heterocycles. The summed E-state index contributed by atoms with van der Waals surface area (Å²) in [6, 6.07) is 0.343. The Bertz CT molecular complexity index is 254. The summed E-state index contributed by atoms with van der Waals surface area (Å²) in [6.45, 7) is 4.87. The molecule has 80 valence electrons. The number of hydrogen-bond donors (Lipinski definition) is 2. The number of H-pyrrole nitrogens is 1. The molecule has 1 atom stereocenters. The molecule has 1 heterocycles. The quantitative estimate of drug-likeness (QED) is 0.732. The van der Waals surface area contributed by atoms with Crippen LogP contribution in [0.5, 0.6) is 0 Å². The number of imidazole rings is 1. The standard InChI is InChI=1S/C10H19N3O/c1-4-5-9(7-14-3)13-10-11-6-8(2)12-10/h6,9H,4-5,7H2,1-3H3,(H2,11,12,13). The number of aryl methyl sites for hydroxylation is 1. The molecule has 0 aliphatic heterocycles. The Morgan fingerprint density at radius 1 is 1.64 bits per heavy atom. The van der Waals surface area contributed by atoms with Gasteiger partial charge in [0.2, 0.25) is 5.95 Å². The fourth-order valence-corrected chi connectivity index (χ4v) is 1.43. The molecular weight excluding hydrogens is 178 g/mol. The summed E-state index contributed by atoms with van der Waals surface area (Å²) in [6.07, 6.45) is 4.05. The number of nitrogens with zero attached hydrogens (tertiary/aromatic N) is 1. The molecule has 0 saturated carbocycles. The Balaban J connectivity index is 2.46. The lowest BCUT2D eigenvalue weighted by atomic mass is 10.2. The lowest BCUT2D eigenvalue weighted by Gasteiger charge is -2.16. The molecule has 1 rings (SSSR count). The van der Waals surface area contributed by atoms with Crippen molar-refractivity contribution in [1.29, 1.82) is 0 Å². The first-order chi connectivity index (χ1) is 6.76. The van der Waals surface area contributed by atoms with Gasteiger partial charge in [-0.05, 0) is 13.3 Å². The highest BCUT2D eigenvalue weighted by molar-refractivity contribution is 5.27. The summed E-state index contributed by atoms with van der Waals surface area (Å²) in [5.41, 5.74) is 1.07. The molecule has 0 aromatic carbocycles. The Hall–Kier alpha value is -1.03. The molecule has 0 bridgehead atoms. The van der Waals surface area contributed by atoms with Gasteiger partial charge >= 0.3 is 0 Å². The minimum Gasteiger partial charge on any atom is -0.383 e. The van der Waals surface area contributed by atoms with Crippen LogP contribution < -0.4 is 5.32 Å². The first-order valence-corrected chi connectivity index (χ1v) is 5.03. The van der Waals surface area contributed by atoms with E-state index in [2.05, 4.69) is 22.2 Å². The molecule has 14 heavy (non-hydrogen) atoms. The maximum absolute atomic E-state index is 5.13. The summed E-state index contributed by atoms with van der Waals surface area (Å²) < 4.78 is 5.13. The number of methoxy groups -OCH3 is 1. The van der Waals surface area contributed by atoms with E-state index in [9.17, 15) is 0 Å². The molecule has 1 aromatic rings. The second kappa shape index (κ2) is 5.65. The molecule has 0 radical (unpaired) electrons. The van der Waals surface area contributed by atoms with Gasteiger partial charge in [0.15, 0.2) is 0 Å². The lowest BCUT2D eigenvalue weighted by Crippen LogP contribution is -2.25. The van der Waals surface area contributed by atoms with E-state index in [-0.39, 0.29) is 0 Å². The predicted octanol–water partition coefficient (Wildman–Crippen LogP) is 1.95. The third-order valence-electron chi connectivity index (χ3n) is 2.05. The first-order valence-electron chi connectivity index (χ1n) is 5.03. The highest BCUT2D eigenvalue weighted by Crippen LogP contribution is 2.06. The minimum atomic E-state index is 0.343. The van der Waals surface area contributed by atoms with Gasteiger partial charge in [0.1, 0.15) is 0 Å². The number of anilines is 1. The summed E-state index contributed by atoms with van der Waals surface area (Å²) in [5, 5.41) is 3.31. The average Bonchev–Trinajstić information content (AvgIpc) is 2.52. The van der Waals surface area contributed by atoms with E-state index in [1.165, 1.54) is 0 Å². The molecule has 2 N–H and O–H groups in total. The van der Waals surface area contributed by atoms with Gasteiger partial charge in [-0.15, -0.1) is 0 Å². The normalized spacial score (nSPS) is 12.8. The van der Waals surface area contributed by atoms with Crippen molar-refractivity contribution < 1.29 is 4.74 Å². The number of hydrogen-bond acceptors (Lipinski definition) is 3. The van der Waals surface area contributed by atoms with Crippen LogP contribution in [0.15, 0.2) is 6.20 Å². The molecule has 4 nitrogen and oxygen atoms in total. The van der Waals surface area contributed by atoms with E-state index < -0.39 is 0 Å². The Kier molecular flexibility index (Phi) is 4.46. The van der Waals surface area contributed by atoms with Crippen molar-refractivity contribution in [3.8, 4) is 0 Å². The van der Waals surface area contributed by atoms with E-state index in [4.69, 9.17) is 4.74 Å². The van der Waals surface area contributed by atoms with Gasteiger partial charge in [-0.25, -0.2) is 4.98 Å². The summed E-state index contributed by atoms with van der Waals surface area (Å²) in [5.74, 6) is 0.831.